The van der Waals surface area contributed by atoms with Crippen molar-refractivity contribution in [1.82, 2.24) is 4.90 Å². The van der Waals surface area contributed by atoms with Gasteiger partial charge in [0.1, 0.15) is 0 Å². The van der Waals surface area contributed by atoms with E-state index in [0.29, 0.717) is 11.3 Å². The summed E-state index contributed by atoms with van der Waals surface area (Å²) in [6.07, 6.45) is 3.41. The zero-order chi connectivity index (χ0) is 20.8. The Kier molecular flexibility index (Phi) is 6.05. The van der Waals surface area contributed by atoms with E-state index in [1.54, 1.807) is 30.5 Å². The van der Waals surface area contributed by atoms with Crippen LogP contribution in [0.4, 0.5) is 5.69 Å². The van der Waals surface area contributed by atoms with Gasteiger partial charge in [-0.3, -0.25) is 14.4 Å². The van der Waals surface area contributed by atoms with Gasteiger partial charge >= 0.3 is 5.97 Å². The highest BCUT2D eigenvalue weighted by molar-refractivity contribution is 5.93. The molecule has 1 aliphatic heterocycles. The van der Waals surface area contributed by atoms with Crippen molar-refractivity contribution in [3.63, 3.8) is 0 Å². The third-order valence-electron chi connectivity index (χ3n) is 4.49. The first-order valence-electron chi connectivity index (χ1n) is 8.99. The van der Waals surface area contributed by atoms with Crippen molar-refractivity contribution in [3.05, 3.63) is 71.4 Å². The molecular weight excluding hydrogens is 370 g/mol. The Bertz CT molecular complexity index is 1010. The van der Waals surface area contributed by atoms with Crippen LogP contribution in [0.2, 0.25) is 0 Å². The van der Waals surface area contributed by atoms with Crippen LogP contribution in [-0.4, -0.2) is 29.3 Å². The zero-order valence-corrected chi connectivity index (χ0v) is 15.8. The first-order chi connectivity index (χ1) is 14.0. The molecule has 0 fully saturated rings. The van der Waals surface area contributed by atoms with E-state index in [1.807, 2.05) is 36.4 Å². The number of ether oxygens (including phenoxy) is 1. The first kappa shape index (κ1) is 19.8. The number of fused-ring (bicyclic) bond motifs is 1. The number of hydrogen-bond acceptors (Lipinski definition) is 5. The number of anilines is 1. The van der Waals surface area contributed by atoms with Crippen LogP contribution >= 0.6 is 0 Å². The Morgan fingerprint density at radius 2 is 1.86 bits per heavy atom. The highest BCUT2D eigenvalue weighted by atomic mass is 16.5. The van der Waals surface area contributed by atoms with Gasteiger partial charge in [0.25, 0.3) is 5.91 Å². The third kappa shape index (κ3) is 4.87. The number of carbonyl (C=O) groups is 3. The minimum atomic E-state index is -0.582. The molecular formula is C22H19N3O4. The van der Waals surface area contributed by atoms with E-state index in [2.05, 4.69) is 5.32 Å². The lowest BCUT2D eigenvalue weighted by Crippen LogP contribution is -2.33. The lowest BCUT2D eigenvalue weighted by atomic mass is 9.94. The minimum absolute atomic E-state index is 0.0644. The highest BCUT2D eigenvalue weighted by Gasteiger charge is 2.28. The molecule has 0 saturated heterocycles. The minimum Gasteiger partial charge on any atom is -0.455 e. The number of rotatable bonds is 5. The average molecular weight is 389 g/mol. The van der Waals surface area contributed by atoms with Crippen LogP contribution in [0, 0.1) is 11.3 Å². The molecule has 0 saturated carbocycles. The Morgan fingerprint density at radius 1 is 1.14 bits per heavy atom. The molecule has 29 heavy (non-hydrogen) atoms. The van der Waals surface area contributed by atoms with Crippen LogP contribution in [0.3, 0.4) is 0 Å². The number of amides is 2. The van der Waals surface area contributed by atoms with Crippen LogP contribution in [-0.2, 0) is 19.1 Å². The smallest absolute Gasteiger partial charge is 0.308 e. The number of nitrogens with one attached hydrogen (secondary N) is 1. The maximum atomic E-state index is 12.3. The fourth-order valence-corrected chi connectivity index (χ4v) is 3.10. The average Bonchev–Trinajstić information content (AvgIpc) is 2.73. The maximum absolute atomic E-state index is 12.3. The lowest BCUT2D eigenvalue weighted by Gasteiger charge is -2.32. The van der Waals surface area contributed by atoms with Crippen molar-refractivity contribution >= 4 is 29.5 Å². The van der Waals surface area contributed by atoms with Gasteiger partial charge in [-0.05, 0) is 41.5 Å². The third-order valence-corrected chi connectivity index (χ3v) is 4.49. The van der Waals surface area contributed by atoms with Gasteiger partial charge in [-0.1, -0.05) is 24.3 Å². The normalized spacial score (nSPS) is 14.5. The molecule has 146 valence electrons. The summed E-state index contributed by atoms with van der Waals surface area (Å²) in [4.78, 5) is 37.8. The molecule has 0 spiro atoms. The monoisotopic (exact) mass is 389 g/mol. The molecule has 2 aromatic carbocycles. The second-order valence-electron chi connectivity index (χ2n) is 6.49. The largest absolute Gasteiger partial charge is 0.455 e. The molecule has 0 unspecified atom stereocenters. The lowest BCUT2D eigenvalue weighted by molar-refractivity contribution is -0.149. The Morgan fingerprint density at radius 3 is 2.55 bits per heavy atom. The SMILES string of the molecule is CC(=O)N1C=Cc2ccccc2[C@@H]1CC(=O)OCC(=O)Nc1ccc(C#N)cc1. The van der Waals surface area contributed by atoms with E-state index < -0.39 is 24.5 Å². The van der Waals surface area contributed by atoms with Crippen LogP contribution in [0.5, 0.6) is 0 Å². The summed E-state index contributed by atoms with van der Waals surface area (Å²) in [5.41, 5.74) is 2.76. The maximum Gasteiger partial charge on any atom is 0.308 e. The van der Waals surface area contributed by atoms with E-state index >= 15 is 0 Å². The predicted octanol–water partition coefficient (Wildman–Crippen LogP) is 3.00. The summed E-state index contributed by atoms with van der Waals surface area (Å²) in [6, 6.07) is 15.3. The van der Waals surface area contributed by atoms with Gasteiger partial charge in [-0.2, -0.15) is 5.26 Å². The van der Waals surface area contributed by atoms with E-state index in [0.717, 1.165) is 11.1 Å². The molecule has 1 aliphatic rings. The van der Waals surface area contributed by atoms with E-state index in [9.17, 15) is 14.4 Å². The second-order valence-corrected chi connectivity index (χ2v) is 6.49. The highest BCUT2D eigenvalue weighted by Crippen LogP contribution is 2.33. The van der Waals surface area contributed by atoms with Gasteiger partial charge in [0.05, 0.1) is 24.1 Å². The fraction of sp³-hybridized carbons (Fsp3) is 0.182. The molecule has 1 atom stereocenters. The molecule has 0 bridgehead atoms. The van der Waals surface area contributed by atoms with Crippen molar-refractivity contribution in [3.8, 4) is 6.07 Å². The van der Waals surface area contributed by atoms with Crippen molar-refractivity contribution in [2.45, 2.75) is 19.4 Å². The van der Waals surface area contributed by atoms with Crippen LogP contribution in [0.25, 0.3) is 6.08 Å². The molecule has 2 amide bonds. The van der Waals surface area contributed by atoms with E-state index in [4.69, 9.17) is 10.00 Å². The van der Waals surface area contributed by atoms with Gasteiger partial charge in [0.2, 0.25) is 5.91 Å². The zero-order valence-electron chi connectivity index (χ0n) is 15.8. The number of esters is 1. The van der Waals surface area contributed by atoms with Crippen molar-refractivity contribution < 1.29 is 19.1 Å². The van der Waals surface area contributed by atoms with E-state index in [-0.39, 0.29) is 12.3 Å². The second kappa shape index (κ2) is 8.85. The van der Waals surface area contributed by atoms with Gasteiger partial charge in [-0.15, -0.1) is 0 Å². The summed E-state index contributed by atoms with van der Waals surface area (Å²) < 4.78 is 5.10. The van der Waals surface area contributed by atoms with Crippen molar-refractivity contribution in [2.24, 2.45) is 0 Å². The van der Waals surface area contributed by atoms with Crippen molar-refractivity contribution in [2.75, 3.05) is 11.9 Å². The number of benzene rings is 2. The Labute approximate surface area is 168 Å². The van der Waals surface area contributed by atoms with Crippen LogP contribution in [0.1, 0.15) is 36.1 Å². The van der Waals surface area contributed by atoms with E-state index in [1.165, 1.54) is 11.8 Å². The summed E-state index contributed by atoms with van der Waals surface area (Å²) in [5, 5.41) is 11.4. The Balaban J connectivity index is 1.59. The molecule has 3 rings (SSSR count). The molecule has 1 N–H and O–H groups in total. The molecule has 0 radical (unpaired) electrons. The van der Waals surface area contributed by atoms with Crippen LogP contribution in [0.15, 0.2) is 54.7 Å². The number of carbonyl (C=O) groups excluding carboxylic acids is 3. The Hall–Kier alpha value is -3.92. The number of nitriles is 1. The topological polar surface area (TPSA) is 99.5 Å². The van der Waals surface area contributed by atoms with Gasteiger partial charge in [-0.25, -0.2) is 0 Å². The van der Waals surface area contributed by atoms with Crippen LogP contribution < -0.4 is 5.32 Å². The van der Waals surface area contributed by atoms with Gasteiger partial charge in [0.15, 0.2) is 6.61 Å². The summed E-state index contributed by atoms with van der Waals surface area (Å²) >= 11 is 0. The molecule has 0 aliphatic carbocycles. The first-order valence-corrected chi connectivity index (χ1v) is 8.99. The number of hydrogen-bond donors (Lipinski definition) is 1. The summed E-state index contributed by atoms with van der Waals surface area (Å²) in [5.74, 6) is -1.26. The van der Waals surface area contributed by atoms with Gasteiger partial charge < -0.3 is 15.0 Å². The molecule has 0 aromatic heterocycles. The predicted molar refractivity (Wildman–Crippen MR) is 106 cm³/mol. The summed E-state index contributed by atoms with van der Waals surface area (Å²) in [7, 11) is 0. The molecule has 7 nitrogen and oxygen atoms in total. The molecule has 7 heteroatoms. The standard InChI is InChI=1S/C22H19N3O4/c1-15(26)25-11-10-17-4-2-3-5-19(17)20(25)12-22(28)29-14-21(27)24-18-8-6-16(13-23)7-9-18/h2-11,20H,12,14H2,1H3,(H,24,27)/t20-/m0/s1. The molecule has 2 aromatic rings. The molecule has 1 heterocycles. The number of nitrogens with zero attached hydrogens (tertiary/aromatic N) is 2. The van der Waals surface area contributed by atoms with Crippen molar-refractivity contribution in [1.29, 1.82) is 5.26 Å². The summed E-state index contributed by atoms with van der Waals surface area (Å²) in [6.45, 7) is 0.991. The van der Waals surface area contributed by atoms with Gasteiger partial charge in [0, 0.05) is 18.8 Å². The quantitative estimate of drug-likeness (QED) is 0.793. The fourth-order valence-electron chi connectivity index (χ4n) is 3.10.